The molecule has 1 unspecified atom stereocenters. The van der Waals surface area contributed by atoms with Crippen LogP contribution in [0.25, 0.3) is 0 Å². The molecule has 11 heteroatoms. The second kappa shape index (κ2) is 8.20. The van der Waals surface area contributed by atoms with E-state index in [0.29, 0.717) is 0 Å². The fraction of sp³-hybridized carbons (Fsp3) is 1.00. The number of hydrogen-bond acceptors (Lipinski definition) is 0. The first-order chi connectivity index (χ1) is 13.8. The lowest BCUT2D eigenvalue weighted by molar-refractivity contribution is 1.74. The molecule has 0 aromatic rings. The van der Waals surface area contributed by atoms with Crippen molar-refractivity contribution < 1.29 is 0 Å². The van der Waals surface area contributed by atoms with Crippen LogP contribution in [0.2, 0.25) is 144 Å². The fourth-order valence-electron chi connectivity index (χ4n) is 14.5. The van der Waals surface area contributed by atoms with Crippen LogP contribution in [0.5, 0.6) is 0 Å². The molecule has 0 N–H and O–H groups in total. The highest BCUT2D eigenvalue weighted by Gasteiger charge is 2.91. The first-order valence-electron chi connectivity index (χ1n) is 13.8. The summed E-state index contributed by atoms with van der Waals surface area (Å²) in [6.07, 6.45) is -2.73. The fourth-order valence-corrected chi connectivity index (χ4v) is 735. The maximum atomic E-state index is 3.27. The maximum absolute atomic E-state index is 3.27. The monoisotopic (exact) mass is 638 g/mol. The van der Waals surface area contributed by atoms with Crippen LogP contribution in [0.1, 0.15) is 0 Å². The van der Waals surface area contributed by atoms with Gasteiger partial charge in [-0.15, -0.1) is 0 Å². The Kier molecular flexibility index (Phi) is 8.30. The van der Waals surface area contributed by atoms with E-state index >= 15 is 0 Å². The predicted molar refractivity (Wildman–Crippen MR) is 192 cm³/mol. The molecule has 198 valence electrons. The molecule has 0 amide bonds. The van der Waals surface area contributed by atoms with Crippen LogP contribution in [-0.2, 0) is 0 Å². The lowest BCUT2D eigenvalue weighted by Gasteiger charge is -2.72. The minimum atomic E-state index is -1.42. The maximum Gasteiger partial charge on any atom is 0.0308 e. The van der Waals surface area contributed by atoms with E-state index in [2.05, 4.69) is 144 Å². The predicted octanol–water partition coefficient (Wildman–Crippen LogP) is 8.65. The van der Waals surface area contributed by atoms with E-state index in [-0.39, 0.29) is 0 Å². The van der Waals surface area contributed by atoms with Gasteiger partial charge in [0.1, 0.15) is 0 Å². The number of hydrogen-bond donors (Lipinski definition) is 0. The first-order valence-corrected chi connectivity index (χ1v) is 57.8. The third-order valence-corrected chi connectivity index (χ3v) is 354. The molecule has 1 aliphatic rings. The SMILES string of the molecule is C[Si](C)(C)[Si]1([Si](C)(C)C)[Si](C)(C)[Si](C)(C)[Si](C)([Si]([Si](C)(C)C)([Si](C)(C)C)[Si](C)(C)C)[Si]1(C)C. The van der Waals surface area contributed by atoms with E-state index in [4.69, 9.17) is 0 Å². The standard InChI is InChI=1S/C22H66Si11/c1-23(2,3)32(24(4,5)6,25(7,8)9)31(22)28(16,17)29(18,19)33(26(10,11)12,27(13,14)15)30(31,20)21/h1-22H3. The smallest absolute Gasteiger partial charge is 0.0308 e. The molecule has 1 atom stereocenters. The van der Waals surface area contributed by atoms with E-state index < -0.39 is 78.2 Å². The van der Waals surface area contributed by atoms with Crippen molar-refractivity contribution in [2.45, 2.75) is 144 Å². The van der Waals surface area contributed by atoms with E-state index in [1.807, 2.05) is 0 Å². The Morgan fingerprint density at radius 2 is 0.576 bits per heavy atom. The van der Waals surface area contributed by atoms with E-state index in [0.717, 1.165) is 0 Å². The number of rotatable bonds is 6. The molecular weight excluding hydrogens is 573 g/mol. The Bertz CT molecular complexity index is 715. The first kappa shape index (κ1) is 33.4. The summed E-state index contributed by atoms with van der Waals surface area (Å²) in [5, 5.41) is 0. The van der Waals surface area contributed by atoms with Crippen LogP contribution in [0, 0.1) is 0 Å². The van der Waals surface area contributed by atoms with Crippen LogP contribution in [0.15, 0.2) is 0 Å². The molecule has 0 aliphatic carbocycles. The summed E-state index contributed by atoms with van der Waals surface area (Å²) in [7, 11) is -10.4. The molecule has 0 bridgehead atoms. The minimum absolute atomic E-state index is 1.25. The van der Waals surface area contributed by atoms with Gasteiger partial charge >= 0.3 is 0 Å². The van der Waals surface area contributed by atoms with Gasteiger partial charge in [0.2, 0.25) is 0 Å². The highest BCUT2D eigenvalue weighted by Crippen LogP contribution is 2.63. The molecule has 1 fully saturated rings. The molecule has 0 aromatic carbocycles. The normalized spacial score (nSPS) is 28.2. The van der Waals surface area contributed by atoms with Crippen molar-refractivity contribution in [1.29, 1.82) is 0 Å². The molecule has 0 aromatic heterocycles. The lowest BCUT2D eigenvalue weighted by Crippen LogP contribution is -3.03. The van der Waals surface area contributed by atoms with E-state index in [1.54, 1.807) is 0 Å². The van der Waals surface area contributed by atoms with Gasteiger partial charge in [0.15, 0.2) is 0 Å². The van der Waals surface area contributed by atoms with Crippen molar-refractivity contribution >= 4 is 78.2 Å². The van der Waals surface area contributed by atoms with Crippen molar-refractivity contribution in [2.24, 2.45) is 0 Å². The summed E-state index contributed by atoms with van der Waals surface area (Å²) in [5.74, 6) is 0. The van der Waals surface area contributed by atoms with Crippen LogP contribution >= 0.6 is 0 Å². The Labute approximate surface area is 220 Å². The van der Waals surface area contributed by atoms with E-state index in [1.165, 1.54) is 0 Å². The Balaban J connectivity index is 4.75. The second-order valence-corrected chi connectivity index (χ2v) is 155. The van der Waals surface area contributed by atoms with Crippen molar-refractivity contribution in [2.75, 3.05) is 0 Å². The Morgan fingerprint density at radius 3 is 0.727 bits per heavy atom. The van der Waals surface area contributed by atoms with Crippen LogP contribution in [-0.4, -0.2) is 78.2 Å². The van der Waals surface area contributed by atoms with Gasteiger partial charge in [0.05, 0.1) is 0 Å². The summed E-state index contributed by atoms with van der Waals surface area (Å²) in [5.41, 5.74) is 0. The summed E-state index contributed by atoms with van der Waals surface area (Å²) in [6.45, 7) is 64.8. The Hall–Kier alpha value is 2.39. The topological polar surface area (TPSA) is 0 Å². The van der Waals surface area contributed by atoms with Gasteiger partial charge < -0.3 is 0 Å². The highest BCUT2D eigenvalue weighted by atomic mass is 30.6. The summed E-state index contributed by atoms with van der Waals surface area (Å²) in [6, 6.07) is 0. The molecule has 0 saturated carbocycles. The summed E-state index contributed by atoms with van der Waals surface area (Å²) in [4.78, 5) is 0. The van der Waals surface area contributed by atoms with Gasteiger partial charge in [0, 0.05) is 78.2 Å². The lowest BCUT2D eigenvalue weighted by atomic mass is 11.8. The van der Waals surface area contributed by atoms with Gasteiger partial charge in [-0.1, -0.05) is 144 Å². The quantitative estimate of drug-likeness (QED) is 0.255. The summed E-state index contributed by atoms with van der Waals surface area (Å²) < 4.78 is 0. The molecule has 0 radical (unpaired) electrons. The minimum Gasteiger partial charge on any atom is -0.0756 e. The molecular formula is C22H66Si11. The molecule has 33 heavy (non-hydrogen) atoms. The largest absolute Gasteiger partial charge is 0.0756 e. The van der Waals surface area contributed by atoms with Crippen molar-refractivity contribution in [3.63, 3.8) is 0 Å². The van der Waals surface area contributed by atoms with Crippen molar-refractivity contribution in [3.8, 4) is 0 Å². The van der Waals surface area contributed by atoms with Gasteiger partial charge in [-0.2, -0.15) is 0 Å². The third-order valence-electron chi connectivity index (χ3n) is 12.3. The molecule has 1 aliphatic heterocycles. The zero-order valence-electron chi connectivity index (χ0n) is 27.5. The van der Waals surface area contributed by atoms with Crippen molar-refractivity contribution in [1.82, 2.24) is 0 Å². The average Bonchev–Trinajstić information content (AvgIpc) is 2.44. The molecule has 0 spiro atoms. The highest BCUT2D eigenvalue weighted by molar-refractivity contribution is 8.40. The molecule has 1 heterocycles. The van der Waals surface area contributed by atoms with Gasteiger partial charge in [-0.25, -0.2) is 0 Å². The third kappa shape index (κ3) is 3.51. The van der Waals surface area contributed by atoms with Gasteiger partial charge in [-0.3, -0.25) is 0 Å². The van der Waals surface area contributed by atoms with Crippen LogP contribution in [0.3, 0.4) is 0 Å². The molecule has 0 nitrogen and oxygen atoms in total. The second-order valence-electron chi connectivity index (χ2n) is 18.8. The van der Waals surface area contributed by atoms with Gasteiger partial charge in [0.25, 0.3) is 0 Å². The molecule has 1 rings (SSSR count). The molecule has 1 saturated heterocycles. The van der Waals surface area contributed by atoms with Crippen molar-refractivity contribution in [3.05, 3.63) is 0 Å². The Morgan fingerprint density at radius 1 is 0.333 bits per heavy atom. The van der Waals surface area contributed by atoms with E-state index in [9.17, 15) is 0 Å². The zero-order valence-corrected chi connectivity index (χ0v) is 38.5. The zero-order chi connectivity index (χ0) is 27.5. The average molecular weight is 640 g/mol. The summed E-state index contributed by atoms with van der Waals surface area (Å²) >= 11 is 0. The van der Waals surface area contributed by atoms with Gasteiger partial charge in [-0.05, 0) is 0 Å². The van der Waals surface area contributed by atoms with Crippen LogP contribution in [0.4, 0.5) is 0 Å². The van der Waals surface area contributed by atoms with Crippen LogP contribution < -0.4 is 0 Å².